The van der Waals surface area contributed by atoms with E-state index < -0.39 is 0 Å². The van der Waals surface area contributed by atoms with Gasteiger partial charge in [0.05, 0.1) is 23.4 Å². The van der Waals surface area contributed by atoms with E-state index in [2.05, 4.69) is 5.32 Å². The highest BCUT2D eigenvalue weighted by Crippen LogP contribution is 2.44. The number of carbonyl (C=O) groups is 2. The third-order valence-electron chi connectivity index (χ3n) is 3.56. The number of rotatable bonds is 3. The lowest BCUT2D eigenvalue weighted by atomic mass is 10.2. The summed E-state index contributed by atoms with van der Waals surface area (Å²) in [5, 5.41) is 2.85. The Kier molecular flexibility index (Phi) is 3.72. The number of amides is 2. The Labute approximate surface area is 125 Å². The molecule has 20 heavy (non-hydrogen) atoms. The molecular weight excluding hydrogens is 296 g/mol. The minimum Gasteiger partial charge on any atom is -0.467 e. The summed E-state index contributed by atoms with van der Waals surface area (Å²) < 4.78 is 5.19. The molecule has 0 unspecified atom stereocenters. The molecule has 1 aromatic heterocycles. The van der Waals surface area contributed by atoms with Gasteiger partial charge >= 0.3 is 0 Å². The van der Waals surface area contributed by atoms with E-state index >= 15 is 0 Å². The van der Waals surface area contributed by atoms with Gasteiger partial charge in [-0.25, -0.2) is 0 Å². The lowest BCUT2D eigenvalue weighted by Crippen LogP contribution is -2.57. The van der Waals surface area contributed by atoms with Crippen molar-refractivity contribution in [1.82, 2.24) is 10.2 Å². The molecule has 0 spiro atoms. The maximum atomic E-state index is 12.3. The zero-order chi connectivity index (χ0) is 14.2. The topological polar surface area (TPSA) is 62.6 Å². The van der Waals surface area contributed by atoms with Crippen molar-refractivity contribution in [2.45, 2.75) is 24.4 Å². The van der Waals surface area contributed by atoms with E-state index in [4.69, 9.17) is 4.42 Å². The largest absolute Gasteiger partial charge is 0.467 e. The van der Waals surface area contributed by atoms with Crippen molar-refractivity contribution in [3.8, 4) is 0 Å². The zero-order valence-electron chi connectivity index (χ0n) is 11.1. The van der Waals surface area contributed by atoms with E-state index in [1.54, 1.807) is 40.8 Å². The lowest BCUT2D eigenvalue weighted by Gasteiger charge is -2.40. The highest BCUT2D eigenvalue weighted by Gasteiger charge is 2.50. The summed E-state index contributed by atoms with van der Waals surface area (Å²) in [6.07, 6.45) is 1.58. The minimum atomic E-state index is -0.367. The van der Waals surface area contributed by atoms with Gasteiger partial charge in [-0.05, 0) is 19.1 Å². The summed E-state index contributed by atoms with van der Waals surface area (Å²) in [5.41, 5.74) is 0. The summed E-state index contributed by atoms with van der Waals surface area (Å²) in [6.45, 7) is 2.40. The lowest BCUT2D eigenvalue weighted by molar-refractivity contribution is -0.140. The molecule has 1 N–H and O–H groups in total. The Morgan fingerprint density at radius 2 is 2.50 bits per heavy atom. The van der Waals surface area contributed by atoms with Gasteiger partial charge in [0.1, 0.15) is 11.8 Å². The first-order chi connectivity index (χ1) is 9.60. The van der Waals surface area contributed by atoms with Gasteiger partial charge in [0.25, 0.3) is 0 Å². The summed E-state index contributed by atoms with van der Waals surface area (Å²) in [7, 11) is 0. The average molecular weight is 312 g/mol. The van der Waals surface area contributed by atoms with Gasteiger partial charge in [-0.2, -0.15) is 0 Å². The summed E-state index contributed by atoms with van der Waals surface area (Å²) in [5.74, 6) is 2.69. The van der Waals surface area contributed by atoms with Crippen LogP contribution in [0.25, 0.3) is 0 Å². The fourth-order valence-electron chi connectivity index (χ4n) is 2.58. The molecule has 5 nitrogen and oxygen atoms in total. The Hall–Kier alpha value is -1.08. The third-order valence-corrected chi connectivity index (χ3v) is 6.40. The van der Waals surface area contributed by atoms with Gasteiger partial charge in [-0.15, -0.1) is 23.5 Å². The normalized spacial score (nSPS) is 29.4. The fraction of sp³-hybridized carbons (Fsp3) is 0.538. The second-order valence-electron chi connectivity index (χ2n) is 5.06. The maximum absolute atomic E-state index is 12.3. The first kappa shape index (κ1) is 13.9. The number of carbonyl (C=O) groups excluding carboxylic acids is 2. The molecule has 0 radical (unpaired) electrons. The molecule has 3 heterocycles. The Morgan fingerprint density at radius 3 is 3.25 bits per heavy atom. The predicted molar refractivity (Wildman–Crippen MR) is 79.4 cm³/mol. The molecule has 0 aliphatic carbocycles. The van der Waals surface area contributed by atoms with E-state index in [1.807, 2.05) is 13.0 Å². The van der Waals surface area contributed by atoms with Crippen LogP contribution in [-0.2, 0) is 16.1 Å². The SMILES string of the molecule is C[C@@]12CSCC(=O)N1[C@H](C(=O)NCc1ccco1)CS2. The predicted octanol–water partition coefficient (Wildman–Crippen LogP) is 1.30. The fourth-order valence-corrected chi connectivity index (χ4v) is 5.28. The van der Waals surface area contributed by atoms with Crippen molar-refractivity contribution in [3.63, 3.8) is 0 Å². The third kappa shape index (κ3) is 2.44. The van der Waals surface area contributed by atoms with Crippen LogP contribution in [0.1, 0.15) is 12.7 Å². The number of nitrogens with zero attached hydrogens (tertiary/aromatic N) is 1. The van der Waals surface area contributed by atoms with E-state index in [0.29, 0.717) is 23.8 Å². The van der Waals surface area contributed by atoms with Crippen LogP contribution in [0.5, 0.6) is 0 Å². The highest BCUT2D eigenvalue weighted by molar-refractivity contribution is 8.04. The maximum Gasteiger partial charge on any atom is 0.244 e. The van der Waals surface area contributed by atoms with Crippen molar-refractivity contribution >= 4 is 35.3 Å². The molecule has 3 rings (SSSR count). The first-order valence-electron chi connectivity index (χ1n) is 6.44. The zero-order valence-corrected chi connectivity index (χ0v) is 12.8. The van der Waals surface area contributed by atoms with E-state index in [1.165, 1.54) is 0 Å². The number of hydrogen-bond donors (Lipinski definition) is 1. The second kappa shape index (κ2) is 5.37. The first-order valence-corrected chi connectivity index (χ1v) is 8.58. The van der Waals surface area contributed by atoms with Crippen LogP contribution in [0, 0.1) is 0 Å². The van der Waals surface area contributed by atoms with Crippen LogP contribution in [0.3, 0.4) is 0 Å². The van der Waals surface area contributed by atoms with Crippen molar-refractivity contribution in [2.24, 2.45) is 0 Å². The highest BCUT2D eigenvalue weighted by atomic mass is 32.2. The number of thioether (sulfide) groups is 2. The van der Waals surface area contributed by atoms with E-state index in [-0.39, 0.29) is 22.7 Å². The van der Waals surface area contributed by atoms with Gasteiger partial charge in [-0.3, -0.25) is 9.59 Å². The van der Waals surface area contributed by atoms with Crippen molar-refractivity contribution < 1.29 is 14.0 Å². The molecule has 2 aliphatic heterocycles. The van der Waals surface area contributed by atoms with Gasteiger partial charge in [-0.1, -0.05) is 0 Å². The Morgan fingerprint density at radius 1 is 1.65 bits per heavy atom. The summed E-state index contributed by atoms with van der Waals surface area (Å²) in [6, 6.07) is 3.24. The van der Waals surface area contributed by atoms with Gasteiger partial charge in [0, 0.05) is 11.5 Å². The summed E-state index contributed by atoms with van der Waals surface area (Å²) in [4.78, 5) is 26.0. The van der Waals surface area contributed by atoms with Crippen molar-refractivity contribution in [3.05, 3.63) is 24.2 Å². The standard InChI is InChI=1S/C13H16N2O3S2/c1-13-8-19-7-11(16)15(13)10(6-20-13)12(17)14-5-9-3-2-4-18-9/h2-4,10H,5-8H2,1H3,(H,14,17)/t10-,13+/m0/s1. The van der Waals surface area contributed by atoms with Crippen molar-refractivity contribution in [1.29, 1.82) is 0 Å². The molecule has 0 bridgehead atoms. The Balaban J connectivity index is 1.67. The number of nitrogens with one attached hydrogen (secondary N) is 1. The van der Waals surface area contributed by atoms with Crippen LogP contribution >= 0.6 is 23.5 Å². The monoisotopic (exact) mass is 312 g/mol. The van der Waals surface area contributed by atoms with Crippen molar-refractivity contribution in [2.75, 3.05) is 17.3 Å². The summed E-state index contributed by atoms with van der Waals surface area (Å²) >= 11 is 3.34. The molecule has 1 aromatic rings. The minimum absolute atomic E-state index is 0.0619. The smallest absolute Gasteiger partial charge is 0.244 e. The number of fused-ring (bicyclic) bond motifs is 1. The average Bonchev–Trinajstić information content (AvgIpc) is 3.03. The van der Waals surface area contributed by atoms with E-state index in [9.17, 15) is 9.59 Å². The van der Waals surface area contributed by atoms with Gasteiger partial charge < -0.3 is 14.6 Å². The second-order valence-corrected chi connectivity index (χ2v) is 7.54. The van der Waals surface area contributed by atoms with E-state index in [0.717, 1.165) is 5.75 Å². The molecule has 2 saturated heterocycles. The molecule has 0 saturated carbocycles. The quantitative estimate of drug-likeness (QED) is 0.911. The number of furan rings is 1. The molecule has 108 valence electrons. The molecule has 2 amide bonds. The Bertz CT molecular complexity index is 520. The van der Waals surface area contributed by atoms with Gasteiger partial charge in [0.2, 0.25) is 11.8 Å². The molecule has 0 aromatic carbocycles. The molecular formula is C13H16N2O3S2. The molecule has 2 aliphatic rings. The van der Waals surface area contributed by atoms with Crippen LogP contribution in [-0.4, -0.2) is 44.9 Å². The number of hydrogen-bond acceptors (Lipinski definition) is 5. The molecule has 2 fully saturated rings. The van der Waals surface area contributed by atoms with Crippen LogP contribution in [0.2, 0.25) is 0 Å². The molecule has 2 atom stereocenters. The van der Waals surface area contributed by atoms with Crippen LogP contribution < -0.4 is 5.32 Å². The van der Waals surface area contributed by atoms with Crippen LogP contribution in [0.4, 0.5) is 0 Å². The van der Waals surface area contributed by atoms with Crippen LogP contribution in [0.15, 0.2) is 22.8 Å². The molecule has 7 heteroatoms. The van der Waals surface area contributed by atoms with Gasteiger partial charge in [0.15, 0.2) is 0 Å².